The molecular weight excluding hydrogens is 451 g/mol. The van der Waals surface area contributed by atoms with Crippen molar-refractivity contribution in [2.75, 3.05) is 5.01 Å². The van der Waals surface area contributed by atoms with E-state index in [0.717, 1.165) is 16.1 Å². The molecule has 0 spiro atoms. The third kappa shape index (κ3) is 4.19. The molecule has 1 unspecified atom stereocenters. The maximum Gasteiger partial charge on any atom is 0.280 e. The van der Waals surface area contributed by atoms with Crippen molar-refractivity contribution in [3.63, 3.8) is 0 Å². The first-order chi connectivity index (χ1) is 16.9. The molecule has 3 aromatic carbocycles. The van der Waals surface area contributed by atoms with Crippen molar-refractivity contribution in [2.24, 2.45) is 36.0 Å². The van der Waals surface area contributed by atoms with Crippen LogP contribution in [0.4, 0.5) is 15.8 Å². The molecule has 0 saturated heterocycles. The molecule has 2 aliphatic heterocycles. The maximum absolute atomic E-state index is 14.0. The molecular formula is C24H19FN8O2. The highest BCUT2D eigenvalue weighted by Gasteiger charge is 2.35. The normalized spacial score (nSPS) is 17.7. The summed E-state index contributed by atoms with van der Waals surface area (Å²) in [6.45, 7) is 3.28. The third-order valence-corrected chi connectivity index (χ3v) is 5.65. The number of para-hydroxylation sites is 1. The number of halogens is 1. The van der Waals surface area contributed by atoms with E-state index in [9.17, 15) is 14.3 Å². The summed E-state index contributed by atoms with van der Waals surface area (Å²) in [5, 5.41) is 39.4. The summed E-state index contributed by atoms with van der Waals surface area (Å²) in [6.07, 6.45) is -0.513. The Morgan fingerprint density at radius 2 is 1.77 bits per heavy atom. The van der Waals surface area contributed by atoms with Crippen molar-refractivity contribution >= 4 is 23.0 Å². The molecule has 174 valence electrons. The fourth-order valence-corrected chi connectivity index (χ4v) is 3.72. The van der Waals surface area contributed by atoms with Crippen molar-refractivity contribution in [1.29, 1.82) is 0 Å². The van der Waals surface area contributed by atoms with Crippen molar-refractivity contribution in [3.8, 4) is 16.9 Å². The first-order valence-electron chi connectivity index (χ1n) is 10.7. The van der Waals surface area contributed by atoms with Gasteiger partial charge in [0.2, 0.25) is 6.17 Å². The number of azo groups is 1. The van der Waals surface area contributed by atoms with E-state index in [-0.39, 0.29) is 11.4 Å². The summed E-state index contributed by atoms with van der Waals surface area (Å²) >= 11 is 0. The van der Waals surface area contributed by atoms with Crippen LogP contribution in [0.1, 0.15) is 24.2 Å². The Labute approximate surface area is 199 Å². The molecule has 35 heavy (non-hydrogen) atoms. The third-order valence-electron chi connectivity index (χ3n) is 5.65. The van der Waals surface area contributed by atoms with E-state index in [2.05, 4.69) is 36.0 Å². The van der Waals surface area contributed by atoms with Gasteiger partial charge < -0.3 is 5.11 Å². The van der Waals surface area contributed by atoms with Gasteiger partial charge >= 0.3 is 0 Å². The van der Waals surface area contributed by atoms with Crippen molar-refractivity contribution < 1.29 is 14.3 Å². The van der Waals surface area contributed by atoms with E-state index in [1.54, 1.807) is 44.2 Å². The van der Waals surface area contributed by atoms with Gasteiger partial charge in [0.1, 0.15) is 11.5 Å². The zero-order chi connectivity index (χ0) is 24.5. The average molecular weight is 470 g/mol. The highest BCUT2D eigenvalue weighted by molar-refractivity contribution is 6.18. The van der Waals surface area contributed by atoms with Gasteiger partial charge in [-0.2, -0.15) is 20.3 Å². The molecule has 10 nitrogen and oxygen atoms in total. The summed E-state index contributed by atoms with van der Waals surface area (Å²) in [6, 6.07) is 15.8. The standard InChI is InChI=1S/C24H19FN8O2/c1-13-9-10-17(12-19(13)25)33-24(35)21(14(2)30-33)27-26-20-8-4-7-18(22(20)34)15-5-3-6-16(11-15)23-28-31-32-29-23/h3-12,21,23,34H,1-2H3. The largest absolute Gasteiger partial charge is 0.505 e. The molecule has 2 aliphatic rings. The van der Waals surface area contributed by atoms with Gasteiger partial charge in [-0.25, -0.2) is 4.39 Å². The Balaban J connectivity index is 1.40. The number of hydrazone groups is 1. The zero-order valence-corrected chi connectivity index (χ0v) is 18.7. The predicted octanol–water partition coefficient (Wildman–Crippen LogP) is 6.21. The van der Waals surface area contributed by atoms with Gasteiger partial charge in [0, 0.05) is 11.1 Å². The van der Waals surface area contributed by atoms with Gasteiger partial charge in [0.05, 0.1) is 11.4 Å². The molecule has 3 aromatic rings. The molecule has 0 radical (unpaired) electrons. The van der Waals surface area contributed by atoms with E-state index in [0.29, 0.717) is 22.5 Å². The van der Waals surface area contributed by atoms with Gasteiger partial charge in [-0.05, 0) is 59.7 Å². The summed E-state index contributed by atoms with van der Waals surface area (Å²) in [5.41, 5.74) is 3.38. The molecule has 0 aromatic heterocycles. The minimum absolute atomic E-state index is 0.0967. The lowest BCUT2D eigenvalue weighted by atomic mass is 10.0. The molecule has 11 heteroatoms. The minimum Gasteiger partial charge on any atom is -0.505 e. The van der Waals surface area contributed by atoms with E-state index >= 15 is 0 Å². The van der Waals surface area contributed by atoms with Crippen molar-refractivity contribution in [1.82, 2.24) is 0 Å². The number of hydrogen-bond donors (Lipinski definition) is 1. The molecule has 1 N–H and O–H groups in total. The summed E-state index contributed by atoms with van der Waals surface area (Å²) in [4.78, 5) is 12.9. The highest BCUT2D eigenvalue weighted by Crippen LogP contribution is 2.39. The van der Waals surface area contributed by atoms with E-state index in [4.69, 9.17) is 0 Å². The van der Waals surface area contributed by atoms with Crippen LogP contribution in [0.2, 0.25) is 0 Å². The van der Waals surface area contributed by atoms with Gasteiger partial charge in [0.25, 0.3) is 5.91 Å². The van der Waals surface area contributed by atoms with Crippen molar-refractivity contribution in [3.05, 3.63) is 77.6 Å². The summed E-state index contributed by atoms with van der Waals surface area (Å²) < 4.78 is 14.0. The van der Waals surface area contributed by atoms with Gasteiger partial charge in [0.15, 0.2) is 11.8 Å². The van der Waals surface area contributed by atoms with Crippen molar-refractivity contribution in [2.45, 2.75) is 26.1 Å². The summed E-state index contributed by atoms with van der Waals surface area (Å²) in [7, 11) is 0. The number of benzene rings is 3. The number of phenolic OH excluding ortho intramolecular Hbond substituents is 1. The Morgan fingerprint density at radius 3 is 2.54 bits per heavy atom. The molecule has 1 atom stereocenters. The van der Waals surface area contributed by atoms with Crippen LogP contribution in [0, 0.1) is 12.7 Å². The van der Waals surface area contributed by atoms with Crippen LogP contribution in [0.15, 0.2) is 96.7 Å². The van der Waals surface area contributed by atoms with Crippen LogP contribution in [0.5, 0.6) is 5.75 Å². The maximum atomic E-state index is 14.0. The fourth-order valence-electron chi connectivity index (χ4n) is 3.72. The number of aryl methyl sites for hydroxylation is 1. The molecule has 0 fully saturated rings. The van der Waals surface area contributed by atoms with E-state index in [1.807, 2.05) is 24.3 Å². The van der Waals surface area contributed by atoms with Crippen LogP contribution in [-0.4, -0.2) is 22.8 Å². The first kappa shape index (κ1) is 22.1. The zero-order valence-electron chi connectivity index (χ0n) is 18.7. The van der Waals surface area contributed by atoms with E-state index in [1.165, 1.54) is 6.07 Å². The number of hydrogen-bond acceptors (Lipinski definition) is 9. The Morgan fingerprint density at radius 1 is 1.00 bits per heavy atom. The van der Waals surface area contributed by atoms with Crippen LogP contribution in [0.25, 0.3) is 11.1 Å². The summed E-state index contributed by atoms with van der Waals surface area (Å²) in [5.74, 6) is -0.989. The molecule has 2 heterocycles. The second-order valence-corrected chi connectivity index (χ2v) is 8.03. The number of carbonyl (C=O) groups is 1. The predicted molar refractivity (Wildman–Crippen MR) is 126 cm³/mol. The minimum atomic E-state index is -0.983. The van der Waals surface area contributed by atoms with Crippen LogP contribution < -0.4 is 5.01 Å². The van der Waals surface area contributed by atoms with Crippen LogP contribution >= 0.6 is 0 Å². The molecule has 0 saturated carbocycles. The SMILES string of the molecule is CC1=NN(c2ccc(C)c(F)c2)C(=O)C1N=Nc1cccc(-c2cccc(C3N=NN=N3)c2)c1O. The molecule has 5 rings (SSSR count). The number of amides is 1. The van der Waals surface area contributed by atoms with Gasteiger partial charge in [-0.1, -0.05) is 36.4 Å². The quantitative estimate of drug-likeness (QED) is 0.445. The number of phenols is 1. The van der Waals surface area contributed by atoms with Gasteiger partial charge in [-0.3, -0.25) is 4.79 Å². The lowest BCUT2D eigenvalue weighted by molar-refractivity contribution is -0.117. The molecule has 0 aliphatic carbocycles. The topological polar surface area (TPSA) is 127 Å². The number of aromatic hydroxyl groups is 1. The Hall–Kier alpha value is -4.67. The first-order valence-corrected chi connectivity index (χ1v) is 10.7. The van der Waals surface area contributed by atoms with Crippen LogP contribution in [-0.2, 0) is 4.79 Å². The Bertz CT molecular complexity index is 1440. The van der Waals surface area contributed by atoms with E-state index < -0.39 is 23.9 Å². The Kier molecular flexibility index (Phi) is 5.65. The number of anilines is 1. The lowest BCUT2D eigenvalue weighted by Crippen LogP contribution is -2.29. The molecule has 0 bridgehead atoms. The van der Waals surface area contributed by atoms with Crippen LogP contribution in [0.3, 0.4) is 0 Å². The van der Waals surface area contributed by atoms with Gasteiger partial charge in [-0.15, -0.1) is 10.2 Å². The number of rotatable bonds is 5. The monoisotopic (exact) mass is 470 g/mol. The lowest BCUT2D eigenvalue weighted by Gasteiger charge is -2.13. The second-order valence-electron chi connectivity index (χ2n) is 8.03. The average Bonchev–Trinajstić information content (AvgIpc) is 3.49. The number of nitrogens with zero attached hydrogens (tertiary/aromatic N) is 8. The second kappa shape index (κ2) is 8.93. The smallest absolute Gasteiger partial charge is 0.280 e. The highest BCUT2D eigenvalue weighted by atomic mass is 19.1. The molecule has 1 amide bonds. The fraction of sp³-hybridized carbons (Fsp3) is 0.167. The number of carbonyl (C=O) groups excluding carboxylic acids is 1.